The smallest absolute Gasteiger partial charge is 0.272 e. The van der Waals surface area contributed by atoms with Gasteiger partial charge in [-0.2, -0.15) is 10.2 Å². The van der Waals surface area contributed by atoms with Gasteiger partial charge in [0.1, 0.15) is 11.4 Å². The average Bonchev–Trinajstić information content (AvgIpc) is 3.25. The minimum absolute atomic E-state index is 0.219. The third kappa shape index (κ3) is 4.11. The van der Waals surface area contributed by atoms with Crippen molar-refractivity contribution < 1.29 is 9.53 Å². The fraction of sp³-hybridized carbons (Fsp3) is 0.316. The Balaban J connectivity index is 1.56. The summed E-state index contributed by atoms with van der Waals surface area (Å²) >= 11 is 0. The molecule has 3 aromatic rings. The molecule has 0 saturated carbocycles. The van der Waals surface area contributed by atoms with Crippen molar-refractivity contribution in [3.05, 3.63) is 65.2 Å². The van der Waals surface area contributed by atoms with Gasteiger partial charge in [0, 0.05) is 31.0 Å². The molecule has 0 bridgehead atoms. The molecule has 2 aromatic heterocycles. The number of carbonyl (C=O) groups excluding carboxylic acids is 1. The lowest BCUT2D eigenvalue weighted by Crippen LogP contribution is -2.23. The van der Waals surface area contributed by atoms with Crippen LogP contribution in [0.3, 0.4) is 0 Å². The third-order valence-electron chi connectivity index (χ3n) is 4.13. The zero-order chi connectivity index (χ0) is 18.5. The van der Waals surface area contributed by atoms with Crippen LogP contribution >= 0.6 is 0 Å². The Labute approximate surface area is 152 Å². The van der Waals surface area contributed by atoms with Crippen molar-refractivity contribution >= 4 is 5.91 Å². The van der Waals surface area contributed by atoms with Crippen molar-refractivity contribution in [1.29, 1.82) is 0 Å². The molecule has 0 aliphatic heterocycles. The SMILES string of the molecule is CCn1cc(CNC(=O)c2ccn(COc3ccccc3C)n2)c(C)n1. The van der Waals surface area contributed by atoms with Crippen molar-refractivity contribution in [2.24, 2.45) is 0 Å². The van der Waals surface area contributed by atoms with Gasteiger partial charge < -0.3 is 10.1 Å². The predicted octanol–water partition coefficient (Wildman–Crippen LogP) is 2.68. The molecule has 0 aliphatic carbocycles. The number of aromatic nitrogens is 4. The van der Waals surface area contributed by atoms with Crippen LogP contribution in [-0.2, 0) is 19.8 Å². The molecule has 136 valence electrons. The Bertz CT molecular complexity index is 897. The van der Waals surface area contributed by atoms with E-state index in [9.17, 15) is 4.79 Å². The van der Waals surface area contributed by atoms with E-state index in [1.807, 2.05) is 55.9 Å². The summed E-state index contributed by atoms with van der Waals surface area (Å²) in [5, 5.41) is 11.5. The van der Waals surface area contributed by atoms with E-state index >= 15 is 0 Å². The molecule has 3 rings (SSSR count). The standard InChI is InChI=1S/C19H23N5O2/c1-4-23-12-16(15(3)21-23)11-20-19(25)17-9-10-24(22-17)13-26-18-8-6-5-7-14(18)2/h5-10,12H,4,11,13H2,1-3H3,(H,20,25). The van der Waals surface area contributed by atoms with E-state index in [0.29, 0.717) is 12.2 Å². The molecule has 0 atom stereocenters. The number of hydrogen-bond acceptors (Lipinski definition) is 4. The normalized spacial score (nSPS) is 10.7. The van der Waals surface area contributed by atoms with Crippen LogP contribution in [0.5, 0.6) is 5.75 Å². The van der Waals surface area contributed by atoms with Crippen LogP contribution < -0.4 is 10.1 Å². The molecule has 0 saturated heterocycles. The van der Waals surface area contributed by atoms with Gasteiger partial charge >= 0.3 is 0 Å². The number of carbonyl (C=O) groups is 1. The molecule has 0 aliphatic rings. The van der Waals surface area contributed by atoms with Crippen LogP contribution in [0, 0.1) is 13.8 Å². The lowest BCUT2D eigenvalue weighted by molar-refractivity contribution is 0.0944. The zero-order valence-electron chi connectivity index (χ0n) is 15.3. The van der Waals surface area contributed by atoms with E-state index in [0.717, 1.165) is 29.1 Å². The number of amides is 1. The highest BCUT2D eigenvalue weighted by atomic mass is 16.5. The Hall–Kier alpha value is -3.09. The summed E-state index contributed by atoms with van der Waals surface area (Å²) < 4.78 is 9.19. The van der Waals surface area contributed by atoms with Gasteiger partial charge in [-0.25, -0.2) is 4.68 Å². The van der Waals surface area contributed by atoms with Crippen molar-refractivity contribution in [3.63, 3.8) is 0 Å². The Morgan fingerprint density at radius 2 is 1.96 bits per heavy atom. The Morgan fingerprint density at radius 3 is 2.69 bits per heavy atom. The Kier molecular flexibility index (Phi) is 5.36. The first kappa shape index (κ1) is 17.7. The summed E-state index contributed by atoms with van der Waals surface area (Å²) in [6.07, 6.45) is 3.68. The highest BCUT2D eigenvalue weighted by molar-refractivity contribution is 5.92. The summed E-state index contributed by atoms with van der Waals surface area (Å²) in [5.41, 5.74) is 3.34. The van der Waals surface area contributed by atoms with E-state index in [4.69, 9.17) is 4.74 Å². The quantitative estimate of drug-likeness (QED) is 0.709. The zero-order valence-corrected chi connectivity index (χ0v) is 15.3. The molecule has 1 N–H and O–H groups in total. The lowest BCUT2D eigenvalue weighted by Gasteiger charge is -2.08. The van der Waals surface area contributed by atoms with E-state index in [2.05, 4.69) is 15.5 Å². The van der Waals surface area contributed by atoms with Gasteiger partial charge in [-0.1, -0.05) is 18.2 Å². The third-order valence-corrected chi connectivity index (χ3v) is 4.13. The van der Waals surface area contributed by atoms with Gasteiger partial charge in [0.15, 0.2) is 6.73 Å². The molecule has 26 heavy (non-hydrogen) atoms. The molecule has 0 spiro atoms. The second-order valence-electron chi connectivity index (χ2n) is 6.06. The number of nitrogens with zero attached hydrogens (tertiary/aromatic N) is 4. The number of aryl methyl sites for hydroxylation is 3. The first-order valence-corrected chi connectivity index (χ1v) is 8.60. The van der Waals surface area contributed by atoms with Crippen LogP contribution in [0.4, 0.5) is 0 Å². The van der Waals surface area contributed by atoms with Crippen molar-refractivity contribution in [3.8, 4) is 5.75 Å². The average molecular weight is 353 g/mol. The highest BCUT2D eigenvalue weighted by Gasteiger charge is 2.11. The minimum atomic E-state index is -0.219. The second kappa shape index (κ2) is 7.86. The largest absolute Gasteiger partial charge is 0.471 e. The van der Waals surface area contributed by atoms with Crippen LogP contribution in [-0.4, -0.2) is 25.5 Å². The highest BCUT2D eigenvalue weighted by Crippen LogP contribution is 2.16. The van der Waals surface area contributed by atoms with Gasteiger partial charge in [-0.15, -0.1) is 0 Å². The van der Waals surface area contributed by atoms with Crippen LogP contribution in [0.15, 0.2) is 42.7 Å². The first-order valence-electron chi connectivity index (χ1n) is 8.60. The van der Waals surface area contributed by atoms with E-state index in [1.165, 1.54) is 0 Å². The minimum Gasteiger partial charge on any atom is -0.471 e. The number of rotatable bonds is 7. The molecule has 7 heteroatoms. The van der Waals surface area contributed by atoms with E-state index in [1.54, 1.807) is 16.9 Å². The number of ether oxygens (including phenoxy) is 1. The summed E-state index contributed by atoms with van der Waals surface area (Å²) in [5.74, 6) is 0.584. The summed E-state index contributed by atoms with van der Waals surface area (Å²) in [7, 11) is 0. The number of hydrogen-bond donors (Lipinski definition) is 1. The van der Waals surface area contributed by atoms with Crippen LogP contribution in [0.2, 0.25) is 0 Å². The van der Waals surface area contributed by atoms with Crippen molar-refractivity contribution in [2.75, 3.05) is 0 Å². The lowest BCUT2D eigenvalue weighted by atomic mass is 10.2. The summed E-state index contributed by atoms with van der Waals surface area (Å²) in [4.78, 5) is 12.3. The predicted molar refractivity (Wildman–Crippen MR) is 97.8 cm³/mol. The molecule has 0 unspecified atom stereocenters. The monoisotopic (exact) mass is 353 g/mol. The molecule has 1 amide bonds. The topological polar surface area (TPSA) is 74.0 Å². The Morgan fingerprint density at radius 1 is 1.15 bits per heavy atom. The van der Waals surface area contributed by atoms with Crippen molar-refractivity contribution in [2.45, 2.75) is 40.6 Å². The summed E-state index contributed by atoms with van der Waals surface area (Å²) in [6, 6.07) is 9.46. The van der Waals surface area contributed by atoms with Crippen molar-refractivity contribution in [1.82, 2.24) is 24.9 Å². The molecular formula is C19H23N5O2. The van der Waals surface area contributed by atoms with Crippen LogP contribution in [0.1, 0.15) is 34.2 Å². The molecule has 0 fully saturated rings. The second-order valence-corrected chi connectivity index (χ2v) is 6.06. The van der Waals surface area contributed by atoms with Crippen LogP contribution in [0.25, 0.3) is 0 Å². The molecule has 1 aromatic carbocycles. The first-order chi connectivity index (χ1) is 12.6. The number of nitrogens with one attached hydrogen (secondary N) is 1. The fourth-order valence-electron chi connectivity index (χ4n) is 2.57. The van der Waals surface area contributed by atoms with E-state index in [-0.39, 0.29) is 12.6 Å². The van der Waals surface area contributed by atoms with Gasteiger partial charge in [0.05, 0.1) is 5.69 Å². The molecular weight excluding hydrogens is 330 g/mol. The molecule has 7 nitrogen and oxygen atoms in total. The van der Waals surface area contributed by atoms with Gasteiger partial charge in [-0.3, -0.25) is 9.48 Å². The van der Waals surface area contributed by atoms with Gasteiger partial charge in [0.2, 0.25) is 0 Å². The van der Waals surface area contributed by atoms with E-state index < -0.39 is 0 Å². The van der Waals surface area contributed by atoms with Gasteiger partial charge in [0.25, 0.3) is 5.91 Å². The summed E-state index contributed by atoms with van der Waals surface area (Å²) in [6.45, 7) is 7.43. The maximum atomic E-state index is 12.3. The van der Waals surface area contributed by atoms with Gasteiger partial charge in [-0.05, 0) is 38.5 Å². The molecule has 0 radical (unpaired) electrons. The number of para-hydroxylation sites is 1. The maximum Gasteiger partial charge on any atom is 0.272 e. The molecule has 2 heterocycles. The number of benzene rings is 1. The maximum absolute atomic E-state index is 12.3. The fourth-order valence-corrected chi connectivity index (χ4v) is 2.57.